The van der Waals surface area contributed by atoms with Crippen molar-refractivity contribution in [2.75, 3.05) is 23.4 Å². The minimum Gasteiger partial charge on any atom is -0.396 e. The number of thioether (sulfide) groups is 1. The highest BCUT2D eigenvalue weighted by Crippen LogP contribution is 2.22. The van der Waals surface area contributed by atoms with E-state index in [1.807, 2.05) is 0 Å². The van der Waals surface area contributed by atoms with Crippen LogP contribution in [0.3, 0.4) is 0 Å². The minimum absolute atomic E-state index is 0.123. The zero-order valence-corrected chi connectivity index (χ0v) is 10.7. The number of halogens is 2. The standard InChI is InChI=1S/C11H13ClFNO2S/c12-9-6-8(13)2-3-10(9)14-11(16)7-17-5-1-4-15/h2-3,6,15H,1,4-5,7H2,(H,14,16). The van der Waals surface area contributed by atoms with Crippen LogP contribution in [0.15, 0.2) is 18.2 Å². The quantitative estimate of drug-likeness (QED) is 0.786. The van der Waals surface area contributed by atoms with E-state index in [1.165, 1.54) is 23.9 Å². The molecule has 6 heteroatoms. The molecule has 94 valence electrons. The lowest BCUT2D eigenvalue weighted by atomic mass is 10.3. The Morgan fingerprint density at radius 2 is 2.29 bits per heavy atom. The summed E-state index contributed by atoms with van der Waals surface area (Å²) < 4.78 is 12.7. The lowest BCUT2D eigenvalue weighted by Crippen LogP contribution is -2.14. The average Bonchev–Trinajstić information content (AvgIpc) is 2.28. The third-order valence-corrected chi connectivity index (χ3v) is 3.24. The molecule has 0 aliphatic carbocycles. The Morgan fingerprint density at radius 1 is 1.53 bits per heavy atom. The van der Waals surface area contributed by atoms with Crippen LogP contribution in [0.5, 0.6) is 0 Å². The first-order valence-electron chi connectivity index (χ1n) is 5.07. The Labute approximate surface area is 108 Å². The topological polar surface area (TPSA) is 49.3 Å². The van der Waals surface area contributed by atoms with Gasteiger partial charge in [-0.1, -0.05) is 11.6 Å². The Morgan fingerprint density at radius 3 is 2.94 bits per heavy atom. The first-order valence-corrected chi connectivity index (χ1v) is 6.60. The van der Waals surface area contributed by atoms with Gasteiger partial charge in [-0.25, -0.2) is 4.39 Å². The second-order valence-electron chi connectivity index (χ2n) is 3.30. The highest BCUT2D eigenvalue weighted by Gasteiger charge is 2.06. The molecule has 0 bridgehead atoms. The molecule has 3 nitrogen and oxygen atoms in total. The summed E-state index contributed by atoms with van der Waals surface area (Å²) in [5.74, 6) is 0.376. The molecule has 0 aromatic heterocycles. The molecular formula is C11H13ClFNO2S. The third kappa shape index (κ3) is 5.39. The molecule has 1 aromatic rings. The maximum absolute atomic E-state index is 12.7. The van der Waals surface area contributed by atoms with Gasteiger partial charge in [-0.15, -0.1) is 0 Å². The van der Waals surface area contributed by atoms with Crippen LogP contribution in [0, 0.1) is 5.82 Å². The molecule has 1 aromatic carbocycles. The second kappa shape index (κ2) is 7.53. The van der Waals surface area contributed by atoms with Crippen LogP contribution in [0.25, 0.3) is 0 Å². The van der Waals surface area contributed by atoms with Gasteiger partial charge < -0.3 is 10.4 Å². The van der Waals surface area contributed by atoms with Crippen LogP contribution in [0.4, 0.5) is 10.1 Å². The molecule has 0 spiro atoms. The lowest BCUT2D eigenvalue weighted by molar-refractivity contribution is -0.113. The van der Waals surface area contributed by atoms with Gasteiger partial charge in [0.15, 0.2) is 0 Å². The molecule has 0 saturated heterocycles. The summed E-state index contributed by atoms with van der Waals surface area (Å²) in [5, 5.41) is 11.3. The molecule has 1 rings (SSSR count). The van der Waals surface area contributed by atoms with Crippen LogP contribution in [0.2, 0.25) is 5.02 Å². The zero-order chi connectivity index (χ0) is 12.7. The first-order chi connectivity index (χ1) is 8.13. The van der Waals surface area contributed by atoms with E-state index in [0.717, 1.165) is 11.8 Å². The van der Waals surface area contributed by atoms with Gasteiger partial charge in [0.25, 0.3) is 0 Å². The molecule has 1 amide bonds. The van der Waals surface area contributed by atoms with Crippen LogP contribution in [-0.2, 0) is 4.79 Å². The highest BCUT2D eigenvalue weighted by atomic mass is 35.5. The van der Waals surface area contributed by atoms with Crippen molar-refractivity contribution in [1.82, 2.24) is 0 Å². The second-order valence-corrected chi connectivity index (χ2v) is 4.81. The summed E-state index contributed by atoms with van der Waals surface area (Å²) in [6.07, 6.45) is 0.662. The molecule has 0 saturated carbocycles. The highest BCUT2D eigenvalue weighted by molar-refractivity contribution is 7.99. The van der Waals surface area contributed by atoms with Crippen LogP contribution >= 0.6 is 23.4 Å². The number of aliphatic hydroxyl groups excluding tert-OH is 1. The maximum atomic E-state index is 12.7. The SMILES string of the molecule is O=C(CSCCCO)Nc1ccc(F)cc1Cl. The van der Waals surface area contributed by atoms with E-state index in [4.69, 9.17) is 16.7 Å². The van der Waals surface area contributed by atoms with E-state index in [0.29, 0.717) is 12.1 Å². The van der Waals surface area contributed by atoms with E-state index in [9.17, 15) is 9.18 Å². The molecular weight excluding hydrogens is 265 g/mol. The van der Waals surface area contributed by atoms with Crippen molar-refractivity contribution in [1.29, 1.82) is 0 Å². The number of carbonyl (C=O) groups excluding carboxylic acids is 1. The van der Waals surface area contributed by atoms with Gasteiger partial charge in [-0.2, -0.15) is 11.8 Å². The Hall–Kier alpha value is -0.780. The molecule has 0 fully saturated rings. The molecule has 0 heterocycles. The first kappa shape index (κ1) is 14.3. The van der Waals surface area contributed by atoms with Gasteiger partial charge in [0.05, 0.1) is 16.5 Å². The fraction of sp³-hybridized carbons (Fsp3) is 0.364. The van der Waals surface area contributed by atoms with Gasteiger partial charge in [-0.05, 0) is 30.4 Å². The van der Waals surface area contributed by atoms with Crippen molar-refractivity contribution in [3.63, 3.8) is 0 Å². The van der Waals surface area contributed by atoms with Crippen LogP contribution < -0.4 is 5.32 Å². The lowest BCUT2D eigenvalue weighted by Gasteiger charge is -2.06. The Balaban J connectivity index is 2.40. The summed E-state index contributed by atoms with van der Waals surface area (Å²) in [5.41, 5.74) is 0.404. The van der Waals surface area contributed by atoms with Gasteiger partial charge >= 0.3 is 0 Å². The smallest absolute Gasteiger partial charge is 0.234 e. The molecule has 0 unspecified atom stereocenters. The minimum atomic E-state index is -0.440. The van der Waals surface area contributed by atoms with Gasteiger partial charge in [0, 0.05) is 6.61 Å². The maximum Gasteiger partial charge on any atom is 0.234 e. The van der Waals surface area contributed by atoms with E-state index >= 15 is 0 Å². The predicted octanol–water partition coefficient (Wildman–Crippen LogP) is 2.53. The monoisotopic (exact) mass is 277 g/mol. The molecule has 0 aliphatic heterocycles. The van der Waals surface area contributed by atoms with Gasteiger partial charge in [0.1, 0.15) is 5.82 Å². The molecule has 17 heavy (non-hydrogen) atoms. The van der Waals surface area contributed by atoms with Crippen molar-refractivity contribution in [3.8, 4) is 0 Å². The summed E-state index contributed by atoms with van der Waals surface area (Å²) in [4.78, 5) is 11.5. The summed E-state index contributed by atoms with van der Waals surface area (Å²) >= 11 is 7.19. The number of anilines is 1. The van der Waals surface area contributed by atoms with Crippen molar-refractivity contribution in [3.05, 3.63) is 29.0 Å². The summed E-state index contributed by atoms with van der Waals surface area (Å²) in [7, 11) is 0. The fourth-order valence-corrected chi connectivity index (χ4v) is 2.06. The number of hydrogen-bond donors (Lipinski definition) is 2. The number of hydrogen-bond acceptors (Lipinski definition) is 3. The number of aliphatic hydroxyl groups is 1. The molecule has 0 radical (unpaired) electrons. The van der Waals surface area contributed by atoms with Crippen molar-refractivity contribution >= 4 is 35.0 Å². The molecule has 0 atom stereocenters. The molecule has 2 N–H and O–H groups in total. The average molecular weight is 278 g/mol. The van der Waals surface area contributed by atoms with Crippen molar-refractivity contribution in [2.24, 2.45) is 0 Å². The molecule has 0 aliphatic rings. The number of carbonyl (C=O) groups is 1. The van der Waals surface area contributed by atoms with Gasteiger partial charge in [-0.3, -0.25) is 4.79 Å². The largest absolute Gasteiger partial charge is 0.396 e. The normalized spacial score (nSPS) is 10.3. The van der Waals surface area contributed by atoms with E-state index < -0.39 is 5.82 Å². The predicted molar refractivity (Wildman–Crippen MR) is 69.1 cm³/mol. The summed E-state index contributed by atoms with van der Waals surface area (Å²) in [6, 6.07) is 3.81. The Kier molecular flexibility index (Phi) is 6.32. The number of benzene rings is 1. The Bertz CT molecular complexity index is 390. The fourth-order valence-electron chi connectivity index (χ4n) is 1.11. The van der Waals surface area contributed by atoms with Gasteiger partial charge in [0.2, 0.25) is 5.91 Å². The number of rotatable bonds is 6. The van der Waals surface area contributed by atoms with Crippen molar-refractivity contribution in [2.45, 2.75) is 6.42 Å². The third-order valence-electron chi connectivity index (χ3n) is 1.89. The number of amides is 1. The number of nitrogens with one attached hydrogen (secondary N) is 1. The van der Waals surface area contributed by atoms with E-state index in [1.54, 1.807) is 0 Å². The zero-order valence-electron chi connectivity index (χ0n) is 9.08. The van der Waals surface area contributed by atoms with Crippen LogP contribution in [0.1, 0.15) is 6.42 Å². The van der Waals surface area contributed by atoms with E-state index in [-0.39, 0.29) is 23.3 Å². The van der Waals surface area contributed by atoms with E-state index in [2.05, 4.69) is 5.32 Å². The van der Waals surface area contributed by atoms with Crippen LogP contribution in [-0.4, -0.2) is 29.1 Å². The summed E-state index contributed by atoms with van der Waals surface area (Å²) in [6.45, 7) is 0.123. The van der Waals surface area contributed by atoms with Crippen molar-refractivity contribution < 1.29 is 14.3 Å².